The number of carbonyl (C=O) groups is 2. The minimum Gasteiger partial charge on any atom is -0.497 e. The number of sulfonamides is 1. The van der Waals surface area contributed by atoms with Crippen LogP contribution in [0.2, 0.25) is 0 Å². The summed E-state index contributed by atoms with van der Waals surface area (Å²) < 4.78 is 36.7. The highest BCUT2D eigenvalue weighted by Crippen LogP contribution is 2.50. The number of hydrogen-bond donors (Lipinski definition) is 0. The van der Waals surface area contributed by atoms with Crippen LogP contribution in [0.1, 0.15) is 62.3 Å². The Balaban J connectivity index is 1.56. The van der Waals surface area contributed by atoms with E-state index in [-0.39, 0.29) is 18.1 Å². The van der Waals surface area contributed by atoms with Crippen molar-refractivity contribution in [2.24, 2.45) is 0 Å². The van der Waals surface area contributed by atoms with Gasteiger partial charge in [0.05, 0.1) is 19.1 Å². The zero-order chi connectivity index (χ0) is 29.2. The summed E-state index contributed by atoms with van der Waals surface area (Å²) in [6.45, 7) is 6.44. The number of aryl methyl sites for hydroxylation is 4. The largest absolute Gasteiger partial charge is 0.497 e. The number of carbonyl (C=O) groups excluding carboxylic acids is 2. The third kappa shape index (κ3) is 6.47. The Bertz CT molecular complexity index is 1460. The van der Waals surface area contributed by atoms with Crippen molar-refractivity contribution in [3.05, 3.63) is 68.6 Å². The number of amides is 1. The van der Waals surface area contributed by atoms with E-state index in [9.17, 15) is 18.0 Å². The number of nitrogens with zero attached hydrogens (tertiary/aromatic N) is 3. The summed E-state index contributed by atoms with van der Waals surface area (Å²) in [4.78, 5) is 33.9. The van der Waals surface area contributed by atoms with E-state index < -0.39 is 27.0 Å². The average molecular weight is 588 g/mol. The highest BCUT2D eigenvalue weighted by molar-refractivity contribution is 7.89. The molecule has 0 spiro atoms. The molecular formula is C29H37N3O6S2. The van der Waals surface area contributed by atoms with Gasteiger partial charge < -0.3 is 14.1 Å². The normalized spacial score (nSPS) is 14.4. The number of hydrogen-bond acceptors (Lipinski definition) is 8. The van der Waals surface area contributed by atoms with Crippen LogP contribution in [0, 0.1) is 20.8 Å². The SMILES string of the molecule is COc1ccc(C2(C(=O)N(CCCc3cc(C)c(C)o3)Cc3nc(C(=O)CS(=O)(=O)N(C)C)c(C)s3)CC2)cc1. The molecule has 216 valence electrons. The number of furan rings is 1. The summed E-state index contributed by atoms with van der Waals surface area (Å²) >= 11 is 1.32. The van der Waals surface area contributed by atoms with Crippen LogP contribution in [-0.2, 0) is 33.2 Å². The van der Waals surface area contributed by atoms with Crippen LogP contribution >= 0.6 is 11.3 Å². The molecule has 0 atom stereocenters. The lowest BCUT2D eigenvalue weighted by Crippen LogP contribution is -2.39. The molecule has 0 bridgehead atoms. The molecule has 0 aliphatic heterocycles. The number of Topliss-reactive ketones (excluding diaryl/α,β-unsaturated/α-hetero) is 1. The molecule has 0 radical (unpaired) electrons. The van der Waals surface area contributed by atoms with Crippen LogP contribution in [-0.4, -0.2) is 67.8 Å². The quantitative estimate of drug-likeness (QED) is 0.272. The zero-order valence-corrected chi connectivity index (χ0v) is 25.6. The van der Waals surface area contributed by atoms with Gasteiger partial charge in [0.25, 0.3) is 0 Å². The second-order valence-corrected chi connectivity index (χ2v) is 14.0. The van der Waals surface area contributed by atoms with Crippen LogP contribution in [0.15, 0.2) is 34.7 Å². The summed E-state index contributed by atoms with van der Waals surface area (Å²) in [7, 11) is 0.695. The molecule has 40 heavy (non-hydrogen) atoms. The fourth-order valence-electron chi connectivity index (χ4n) is 4.74. The fraction of sp³-hybridized carbons (Fsp3) is 0.483. The van der Waals surface area contributed by atoms with E-state index in [1.165, 1.54) is 25.4 Å². The minimum absolute atomic E-state index is 0.0281. The van der Waals surface area contributed by atoms with Crippen LogP contribution in [0.5, 0.6) is 5.75 Å². The topological polar surface area (TPSA) is 110 Å². The van der Waals surface area contributed by atoms with E-state index in [2.05, 4.69) is 4.98 Å². The molecule has 0 unspecified atom stereocenters. The van der Waals surface area contributed by atoms with E-state index in [1.54, 1.807) is 14.0 Å². The van der Waals surface area contributed by atoms with Crippen LogP contribution in [0.3, 0.4) is 0 Å². The molecule has 2 heterocycles. The Labute approximate surface area is 240 Å². The summed E-state index contributed by atoms with van der Waals surface area (Å²) in [6.07, 6.45) is 2.91. The summed E-state index contributed by atoms with van der Waals surface area (Å²) in [5, 5.41) is 0.603. The van der Waals surface area contributed by atoms with Crippen molar-refractivity contribution in [3.63, 3.8) is 0 Å². The molecule has 0 N–H and O–H groups in total. The molecule has 11 heteroatoms. The number of aromatic nitrogens is 1. The minimum atomic E-state index is -3.71. The first-order valence-electron chi connectivity index (χ1n) is 13.3. The molecule has 1 amide bonds. The van der Waals surface area contributed by atoms with Crippen molar-refractivity contribution in [1.29, 1.82) is 0 Å². The Morgan fingerprint density at radius 2 is 1.80 bits per heavy atom. The first-order valence-corrected chi connectivity index (χ1v) is 15.7. The predicted octanol–water partition coefficient (Wildman–Crippen LogP) is 4.44. The number of benzene rings is 1. The lowest BCUT2D eigenvalue weighted by atomic mass is 9.94. The first-order chi connectivity index (χ1) is 18.9. The Kier molecular flexibility index (Phi) is 8.86. The molecule has 3 aromatic rings. The maximum Gasteiger partial charge on any atom is 0.233 e. The summed E-state index contributed by atoms with van der Waals surface area (Å²) in [5.41, 5.74) is 1.62. The van der Waals surface area contributed by atoms with Crippen LogP contribution < -0.4 is 4.74 Å². The number of thiazole rings is 1. The van der Waals surface area contributed by atoms with Crippen molar-refractivity contribution in [2.75, 3.05) is 33.5 Å². The molecule has 0 saturated heterocycles. The van der Waals surface area contributed by atoms with Gasteiger partial charge in [-0.15, -0.1) is 11.3 Å². The third-order valence-corrected chi connectivity index (χ3v) is 10.2. The van der Waals surface area contributed by atoms with E-state index >= 15 is 0 Å². The average Bonchev–Trinajstić information content (AvgIpc) is 3.54. The van der Waals surface area contributed by atoms with Crippen molar-refractivity contribution in [1.82, 2.24) is 14.2 Å². The van der Waals surface area contributed by atoms with Crippen molar-refractivity contribution >= 4 is 33.1 Å². The maximum atomic E-state index is 14.1. The monoisotopic (exact) mass is 587 g/mol. The van der Waals surface area contributed by atoms with Gasteiger partial charge in [0.15, 0.2) is 5.78 Å². The van der Waals surface area contributed by atoms with E-state index in [1.807, 2.05) is 49.1 Å². The highest BCUT2D eigenvalue weighted by atomic mass is 32.2. The van der Waals surface area contributed by atoms with Gasteiger partial charge in [0.1, 0.15) is 33.7 Å². The molecule has 1 aliphatic rings. The molecule has 2 aromatic heterocycles. The highest BCUT2D eigenvalue weighted by Gasteiger charge is 2.53. The second-order valence-electron chi connectivity index (χ2n) is 10.6. The van der Waals surface area contributed by atoms with Gasteiger partial charge in [-0.3, -0.25) is 9.59 Å². The van der Waals surface area contributed by atoms with Gasteiger partial charge in [0.2, 0.25) is 15.9 Å². The molecule has 4 rings (SSSR count). The Hall–Kier alpha value is -3.02. The first kappa shape index (κ1) is 30.0. The van der Waals surface area contributed by atoms with Gasteiger partial charge in [-0.05, 0) is 69.4 Å². The van der Waals surface area contributed by atoms with Crippen LogP contribution in [0.4, 0.5) is 0 Å². The fourth-order valence-corrected chi connectivity index (χ4v) is 6.43. The molecular weight excluding hydrogens is 550 g/mol. The number of ether oxygens (including phenoxy) is 1. The molecule has 9 nitrogen and oxygen atoms in total. The Morgan fingerprint density at radius 1 is 1.12 bits per heavy atom. The van der Waals surface area contributed by atoms with E-state index in [0.717, 1.165) is 45.5 Å². The lowest BCUT2D eigenvalue weighted by Gasteiger charge is -2.27. The number of rotatable bonds is 13. The predicted molar refractivity (Wildman–Crippen MR) is 154 cm³/mol. The van der Waals surface area contributed by atoms with E-state index in [4.69, 9.17) is 9.15 Å². The Morgan fingerprint density at radius 3 is 2.35 bits per heavy atom. The number of methoxy groups -OCH3 is 1. The van der Waals surface area contributed by atoms with Gasteiger partial charge in [-0.1, -0.05) is 12.1 Å². The summed E-state index contributed by atoms with van der Waals surface area (Å²) in [6, 6.07) is 9.68. The third-order valence-electron chi connectivity index (χ3n) is 7.46. The van der Waals surface area contributed by atoms with Gasteiger partial charge in [-0.2, -0.15) is 0 Å². The van der Waals surface area contributed by atoms with Gasteiger partial charge in [0, 0.05) is 31.9 Å². The molecule has 1 aromatic carbocycles. The second kappa shape index (κ2) is 11.8. The van der Waals surface area contributed by atoms with Crippen molar-refractivity contribution < 1.29 is 27.2 Å². The van der Waals surface area contributed by atoms with Gasteiger partial charge >= 0.3 is 0 Å². The van der Waals surface area contributed by atoms with Crippen molar-refractivity contribution in [2.45, 2.75) is 58.4 Å². The van der Waals surface area contributed by atoms with Crippen molar-refractivity contribution in [3.8, 4) is 5.75 Å². The summed E-state index contributed by atoms with van der Waals surface area (Å²) in [5.74, 6) is 1.35. The lowest BCUT2D eigenvalue weighted by molar-refractivity contribution is -0.134. The zero-order valence-electron chi connectivity index (χ0n) is 23.9. The molecule has 1 aliphatic carbocycles. The maximum absolute atomic E-state index is 14.1. The van der Waals surface area contributed by atoms with Crippen LogP contribution in [0.25, 0.3) is 0 Å². The molecule has 1 fully saturated rings. The number of ketones is 1. The van der Waals surface area contributed by atoms with Gasteiger partial charge in [-0.25, -0.2) is 17.7 Å². The smallest absolute Gasteiger partial charge is 0.233 e. The standard InChI is InChI=1S/C29H37N3O6S2/c1-19-16-24(38-20(19)2)8-7-15-32(28(34)29(13-14-29)22-9-11-23(37-6)12-10-22)17-26-30-27(21(3)39-26)25(33)18-40(35,36)31(4)5/h9-12,16H,7-8,13-15,17-18H2,1-6H3. The van der Waals surface area contributed by atoms with E-state index in [0.29, 0.717) is 29.3 Å². The molecule has 1 saturated carbocycles.